The van der Waals surface area contributed by atoms with Gasteiger partial charge in [0.15, 0.2) is 4.96 Å². The summed E-state index contributed by atoms with van der Waals surface area (Å²) in [5.74, 6) is -1.58. The highest BCUT2D eigenvalue weighted by Gasteiger charge is 2.20. The monoisotopic (exact) mass is 493 g/mol. The van der Waals surface area contributed by atoms with Crippen LogP contribution in [-0.2, 0) is 9.47 Å². The van der Waals surface area contributed by atoms with Crippen LogP contribution >= 0.6 is 11.3 Å². The molecule has 4 rings (SSSR count). The number of carbonyl (C=O) groups is 3. The first kappa shape index (κ1) is 23.6. The number of hydrogen-bond acceptors (Lipinski definition) is 9. The van der Waals surface area contributed by atoms with Gasteiger partial charge in [-0.3, -0.25) is 14.0 Å². The first-order chi connectivity index (χ1) is 16.9. The maximum Gasteiger partial charge on any atom is 0.337 e. The standard InChI is InChI=1S/C24H19N3O7S/c1-32-17-6-4-5-13(10-17)19-12-35-24-25-11-18(21(29)27(19)24)20(28)26-16-8-14(22(30)33-2)7-15(9-16)23(31)34-3/h4-12H,1-3H3,(H,26,28). The van der Waals surface area contributed by atoms with Crippen molar-refractivity contribution in [2.45, 2.75) is 0 Å². The molecule has 0 spiro atoms. The lowest BCUT2D eigenvalue weighted by molar-refractivity contribution is 0.0599. The lowest BCUT2D eigenvalue weighted by Gasteiger charge is -2.10. The molecule has 0 fully saturated rings. The summed E-state index contributed by atoms with van der Waals surface area (Å²) in [5, 5.41) is 4.31. The largest absolute Gasteiger partial charge is 0.497 e. The van der Waals surface area contributed by atoms with Gasteiger partial charge in [-0.1, -0.05) is 12.1 Å². The van der Waals surface area contributed by atoms with Crippen molar-refractivity contribution in [2.75, 3.05) is 26.6 Å². The molecule has 0 radical (unpaired) electrons. The van der Waals surface area contributed by atoms with Crippen molar-refractivity contribution in [3.63, 3.8) is 0 Å². The molecule has 11 heteroatoms. The highest BCUT2D eigenvalue weighted by Crippen LogP contribution is 2.27. The van der Waals surface area contributed by atoms with Gasteiger partial charge in [-0.2, -0.15) is 0 Å². The Morgan fingerprint density at radius 3 is 2.29 bits per heavy atom. The fraction of sp³-hybridized carbons (Fsp3) is 0.125. The Morgan fingerprint density at radius 2 is 1.66 bits per heavy atom. The summed E-state index contributed by atoms with van der Waals surface area (Å²) in [6, 6.07) is 11.1. The molecule has 0 saturated carbocycles. The quantitative estimate of drug-likeness (QED) is 0.406. The minimum Gasteiger partial charge on any atom is -0.497 e. The molecule has 0 aliphatic carbocycles. The highest BCUT2D eigenvalue weighted by atomic mass is 32.1. The van der Waals surface area contributed by atoms with Crippen LogP contribution in [0.15, 0.2) is 58.8 Å². The maximum atomic E-state index is 13.3. The maximum absolute atomic E-state index is 13.3. The first-order valence-electron chi connectivity index (χ1n) is 10.1. The van der Waals surface area contributed by atoms with Gasteiger partial charge in [0.25, 0.3) is 11.5 Å². The molecule has 0 unspecified atom stereocenters. The van der Waals surface area contributed by atoms with Gasteiger partial charge in [0, 0.05) is 22.8 Å². The molecule has 0 bridgehead atoms. The van der Waals surface area contributed by atoms with E-state index in [2.05, 4.69) is 10.3 Å². The van der Waals surface area contributed by atoms with Crippen molar-refractivity contribution in [3.8, 4) is 17.0 Å². The second kappa shape index (κ2) is 9.77. The number of thiazole rings is 1. The molecule has 0 saturated heterocycles. The Kier molecular flexibility index (Phi) is 6.60. The average molecular weight is 493 g/mol. The molecule has 2 aromatic heterocycles. The SMILES string of the molecule is COC(=O)c1cc(NC(=O)c2cnc3scc(-c4cccc(OC)c4)n3c2=O)cc(C(=O)OC)c1. The third kappa shape index (κ3) is 4.62. The first-order valence-corrected chi connectivity index (χ1v) is 11.0. The minimum atomic E-state index is -0.766. The Labute approximate surface area is 202 Å². The topological polar surface area (TPSA) is 125 Å². The smallest absolute Gasteiger partial charge is 0.337 e. The van der Waals surface area contributed by atoms with Crippen LogP contribution in [0.4, 0.5) is 5.69 Å². The highest BCUT2D eigenvalue weighted by molar-refractivity contribution is 7.15. The van der Waals surface area contributed by atoms with Crippen LogP contribution in [0.3, 0.4) is 0 Å². The summed E-state index contributed by atoms with van der Waals surface area (Å²) in [5.41, 5.74) is 0.601. The number of ether oxygens (including phenoxy) is 3. The average Bonchev–Trinajstić information content (AvgIpc) is 3.32. The number of rotatable bonds is 6. The van der Waals surface area contributed by atoms with Crippen molar-refractivity contribution in [2.24, 2.45) is 0 Å². The van der Waals surface area contributed by atoms with E-state index in [-0.39, 0.29) is 22.4 Å². The molecule has 2 aromatic carbocycles. The van der Waals surface area contributed by atoms with Crippen LogP contribution in [0.5, 0.6) is 5.75 Å². The molecule has 1 N–H and O–H groups in total. The van der Waals surface area contributed by atoms with Crippen molar-refractivity contribution < 1.29 is 28.6 Å². The molecular weight excluding hydrogens is 474 g/mol. The number of esters is 2. The van der Waals surface area contributed by atoms with Crippen molar-refractivity contribution >= 4 is 39.8 Å². The van der Waals surface area contributed by atoms with Crippen LogP contribution in [0, 0.1) is 0 Å². The van der Waals surface area contributed by atoms with Gasteiger partial charge in [-0.25, -0.2) is 14.6 Å². The van der Waals surface area contributed by atoms with E-state index in [0.29, 0.717) is 22.0 Å². The fourth-order valence-electron chi connectivity index (χ4n) is 3.40. The summed E-state index contributed by atoms with van der Waals surface area (Å²) < 4.78 is 16.0. The number of methoxy groups -OCH3 is 3. The molecule has 0 aliphatic rings. The van der Waals surface area contributed by atoms with E-state index in [1.165, 1.54) is 54.4 Å². The van der Waals surface area contributed by atoms with Gasteiger partial charge in [0.05, 0.1) is 38.2 Å². The normalized spacial score (nSPS) is 10.6. The third-order valence-electron chi connectivity index (χ3n) is 5.09. The number of amides is 1. The Hall–Kier alpha value is -4.51. The molecule has 1 amide bonds. The lowest BCUT2D eigenvalue weighted by atomic mass is 10.1. The van der Waals surface area contributed by atoms with E-state index in [9.17, 15) is 19.2 Å². The van der Waals surface area contributed by atoms with Crippen LogP contribution in [0.1, 0.15) is 31.1 Å². The zero-order valence-electron chi connectivity index (χ0n) is 18.9. The number of fused-ring (bicyclic) bond motifs is 1. The molecule has 178 valence electrons. The minimum absolute atomic E-state index is 0.0224. The number of hydrogen-bond donors (Lipinski definition) is 1. The van der Waals surface area contributed by atoms with Crippen LogP contribution in [0.25, 0.3) is 16.2 Å². The van der Waals surface area contributed by atoms with Crippen molar-refractivity contribution in [1.29, 1.82) is 0 Å². The van der Waals surface area contributed by atoms with Gasteiger partial charge < -0.3 is 19.5 Å². The predicted octanol–water partition coefficient (Wildman–Crippen LogP) is 3.26. The Bertz CT molecular complexity index is 1490. The van der Waals surface area contributed by atoms with Gasteiger partial charge >= 0.3 is 11.9 Å². The summed E-state index contributed by atoms with van der Waals surface area (Å²) in [4.78, 5) is 55.0. The number of aromatic nitrogens is 2. The number of carbonyl (C=O) groups excluding carboxylic acids is 3. The summed E-state index contributed by atoms with van der Waals surface area (Å²) in [6.07, 6.45) is 1.18. The molecule has 4 aromatic rings. The summed E-state index contributed by atoms with van der Waals surface area (Å²) in [7, 11) is 3.92. The third-order valence-corrected chi connectivity index (χ3v) is 5.93. The molecule has 10 nitrogen and oxygen atoms in total. The van der Waals surface area contributed by atoms with E-state index in [4.69, 9.17) is 14.2 Å². The predicted molar refractivity (Wildman–Crippen MR) is 128 cm³/mol. The van der Waals surface area contributed by atoms with Gasteiger partial charge in [0.1, 0.15) is 11.3 Å². The molecule has 2 heterocycles. The van der Waals surface area contributed by atoms with E-state index in [0.717, 1.165) is 0 Å². The number of nitrogens with zero attached hydrogens (tertiary/aromatic N) is 2. The van der Waals surface area contributed by atoms with E-state index >= 15 is 0 Å². The van der Waals surface area contributed by atoms with Gasteiger partial charge in [-0.05, 0) is 30.3 Å². The molecule has 0 aliphatic heterocycles. The number of benzene rings is 2. The van der Waals surface area contributed by atoms with Crippen LogP contribution in [-0.4, -0.2) is 48.6 Å². The van der Waals surface area contributed by atoms with Crippen LogP contribution in [0.2, 0.25) is 0 Å². The lowest BCUT2D eigenvalue weighted by Crippen LogP contribution is -2.26. The Balaban J connectivity index is 1.75. The van der Waals surface area contributed by atoms with Crippen LogP contribution < -0.4 is 15.6 Å². The second-order valence-electron chi connectivity index (χ2n) is 7.18. The molecular formula is C24H19N3O7S. The van der Waals surface area contributed by atoms with E-state index < -0.39 is 23.4 Å². The fourth-order valence-corrected chi connectivity index (χ4v) is 4.26. The van der Waals surface area contributed by atoms with E-state index in [1.807, 2.05) is 6.07 Å². The van der Waals surface area contributed by atoms with Crippen molar-refractivity contribution in [3.05, 3.63) is 81.1 Å². The zero-order chi connectivity index (χ0) is 25.1. The Morgan fingerprint density at radius 1 is 0.971 bits per heavy atom. The van der Waals surface area contributed by atoms with Gasteiger partial charge in [-0.15, -0.1) is 11.3 Å². The second-order valence-corrected chi connectivity index (χ2v) is 8.02. The number of nitrogens with one attached hydrogen (secondary N) is 1. The summed E-state index contributed by atoms with van der Waals surface area (Å²) in [6.45, 7) is 0. The summed E-state index contributed by atoms with van der Waals surface area (Å²) >= 11 is 1.25. The van der Waals surface area contributed by atoms with E-state index in [1.54, 1.807) is 30.7 Å². The zero-order valence-corrected chi connectivity index (χ0v) is 19.7. The molecule has 35 heavy (non-hydrogen) atoms. The molecule has 0 atom stereocenters. The van der Waals surface area contributed by atoms with Gasteiger partial charge in [0.2, 0.25) is 0 Å². The number of anilines is 1. The van der Waals surface area contributed by atoms with Crippen molar-refractivity contribution in [1.82, 2.24) is 9.38 Å².